The molecule has 0 aliphatic heterocycles. The number of benzene rings is 2. The van der Waals surface area contributed by atoms with E-state index < -0.39 is 0 Å². The Bertz CT molecular complexity index is 1150. The van der Waals surface area contributed by atoms with E-state index in [1.165, 1.54) is 42.9 Å². The van der Waals surface area contributed by atoms with Gasteiger partial charge in [0.05, 0.1) is 26.5 Å². The maximum Gasteiger partial charge on any atom is 0.195 e. The molecule has 8 nitrogen and oxygen atoms in total. The van der Waals surface area contributed by atoms with Gasteiger partial charge in [-0.3, -0.25) is 4.79 Å². The van der Waals surface area contributed by atoms with Gasteiger partial charge in [0, 0.05) is 33.8 Å². The van der Waals surface area contributed by atoms with Crippen molar-refractivity contribution >= 4 is 17.1 Å². The summed E-state index contributed by atoms with van der Waals surface area (Å²) in [5, 5.41) is 16.6. The number of hydrogen-bond donors (Lipinski definition) is 1. The summed E-state index contributed by atoms with van der Waals surface area (Å²) in [5.41, 5.74) is 2.63. The van der Waals surface area contributed by atoms with Crippen molar-refractivity contribution < 1.29 is 19.4 Å². The van der Waals surface area contributed by atoms with Crippen molar-refractivity contribution in [3.63, 3.8) is 0 Å². The molecule has 30 heavy (non-hydrogen) atoms. The highest BCUT2D eigenvalue weighted by molar-refractivity contribution is 7.13. The smallest absolute Gasteiger partial charge is 0.195 e. The van der Waals surface area contributed by atoms with Gasteiger partial charge in [-0.15, -0.1) is 11.3 Å². The summed E-state index contributed by atoms with van der Waals surface area (Å²) in [4.78, 5) is 21.9. The van der Waals surface area contributed by atoms with E-state index in [2.05, 4.69) is 15.1 Å². The van der Waals surface area contributed by atoms with E-state index in [9.17, 15) is 9.90 Å². The summed E-state index contributed by atoms with van der Waals surface area (Å²) in [6.45, 7) is -0.296. The highest BCUT2D eigenvalue weighted by Crippen LogP contribution is 2.34. The second-order valence-corrected chi connectivity index (χ2v) is 7.16. The lowest BCUT2D eigenvalue weighted by atomic mass is 9.97. The van der Waals surface area contributed by atoms with Crippen molar-refractivity contribution in [1.29, 1.82) is 0 Å². The molecule has 2 heterocycles. The molecule has 0 unspecified atom stereocenters. The number of aliphatic hydroxyl groups is 1. The lowest BCUT2D eigenvalue weighted by Gasteiger charge is -2.15. The first-order chi connectivity index (χ1) is 14.7. The van der Waals surface area contributed by atoms with Crippen LogP contribution in [0.15, 0.2) is 54.6 Å². The van der Waals surface area contributed by atoms with E-state index in [4.69, 9.17) is 9.47 Å². The molecule has 0 atom stereocenters. The largest absolute Gasteiger partial charge is 0.493 e. The van der Waals surface area contributed by atoms with Crippen LogP contribution >= 0.6 is 11.3 Å². The summed E-state index contributed by atoms with van der Waals surface area (Å²) in [6, 6.07) is 8.69. The van der Waals surface area contributed by atoms with Crippen molar-refractivity contribution in [2.24, 2.45) is 0 Å². The average molecular weight is 422 g/mol. The highest BCUT2D eigenvalue weighted by Gasteiger charge is 2.21. The molecule has 0 saturated carbocycles. The molecule has 0 aliphatic carbocycles. The summed E-state index contributed by atoms with van der Waals surface area (Å²) in [7, 11) is 2.97. The summed E-state index contributed by atoms with van der Waals surface area (Å²) in [5.74, 6) is 0.505. The molecule has 4 aromatic rings. The quantitative estimate of drug-likeness (QED) is 0.457. The van der Waals surface area contributed by atoms with E-state index in [0.717, 1.165) is 10.6 Å². The summed E-state index contributed by atoms with van der Waals surface area (Å²) in [6.07, 6.45) is 4.65. The normalized spacial score (nSPS) is 10.8. The lowest BCUT2D eigenvalue weighted by Crippen LogP contribution is -2.10. The van der Waals surface area contributed by atoms with E-state index >= 15 is 0 Å². The number of carbonyl (C=O) groups is 1. The number of aliphatic hydroxyl groups excluding tert-OH is 1. The zero-order chi connectivity index (χ0) is 21.1. The molecule has 1 N–H and O–H groups in total. The Morgan fingerprint density at radius 2 is 2.07 bits per heavy atom. The lowest BCUT2D eigenvalue weighted by molar-refractivity contribution is 0.103. The Hall–Kier alpha value is -3.56. The van der Waals surface area contributed by atoms with Crippen LogP contribution in [0.25, 0.3) is 16.3 Å². The molecule has 2 aromatic carbocycles. The van der Waals surface area contributed by atoms with Crippen molar-refractivity contribution in [2.45, 2.75) is 6.61 Å². The minimum absolute atomic E-state index is 0.255. The Balaban J connectivity index is 1.88. The molecule has 152 valence electrons. The van der Waals surface area contributed by atoms with Crippen molar-refractivity contribution in [1.82, 2.24) is 19.7 Å². The van der Waals surface area contributed by atoms with Gasteiger partial charge >= 0.3 is 0 Å². The average Bonchev–Trinajstić information content (AvgIpc) is 3.51. The zero-order valence-electron chi connectivity index (χ0n) is 16.3. The Kier molecular flexibility index (Phi) is 5.55. The molecule has 9 heteroatoms. The van der Waals surface area contributed by atoms with Gasteiger partial charge in [-0.05, 0) is 30.3 Å². The number of aromatic nitrogens is 4. The van der Waals surface area contributed by atoms with Crippen LogP contribution in [0.5, 0.6) is 11.5 Å². The molecular formula is C21H18N4O4S. The number of ketones is 1. The van der Waals surface area contributed by atoms with Crippen LogP contribution in [-0.2, 0) is 6.61 Å². The number of methoxy groups -OCH3 is 2. The maximum absolute atomic E-state index is 13.6. The highest BCUT2D eigenvalue weighted by atomic mass is 32.1. The first-order valence-corrected chi connectivity index (χ1v) is 9.83. The van der Waals surface area contributed by atoms with Gasteiger partial charge in [0.1, 0.15) is 17.7 Å². The molecule has 2 aromatic heterocycles. The van der Waals surface area contributed by atoms with Gasteiger partial charge in [0.2, 0.25) is 0 Å². The molecule has 0 radical (unpaired) electrons. The molecule has 4 rings (SSSR count). The first kappa shape index (κ1) is 19.7. The Labute approximate surface area is 176 Å². The van der Waals surface area contributed by atoms with Crippen molar-refractivity contribution in [2.75, 3.05) is 14.2 Å². The maximum atomic E-state index is 13.6. The summed E-state index contributed by atoms with van der Waals surface area (Å²) >= 11 is 1.49. The molecule has 0 fully saturated rings. The minimum atomic E-state index is -0.296. The zero-order valence-corrected chi connectivity index (χ0v) is 17.1. The fraction of sp³-hybridized carbons (Fsp3) is 0.143. The van der Waals surface area contributed by atoms with Gasteiger partial charge in [-0.2, -0.15) is 5.10 Å². The van der Waals surface area contributed by atoms with Crippen LogP contribution in [0, 0.1) is 0 Å². The van der Waals surface area contributed by atoms with Crippen molar-refractivity contribution in [3.8, 4) is 27.8 Å². The van der Waals surface area contributed by atoms with Gasteiger partial charge < -0.3 is 14.6 Å². The van der Waals surface area contributed by atoms with Gasteiger partial charge in [0.15, 0.2) is 17.3 Å². The third kappa shape index (κ3) is 3.56. The van der Waals surface area contributed by atoms with Gasteiger partial charge in [0.25, 0.3) is 0 Å². The number of rotatable bonds is 7. The van der Waals surface area contributed by atoms with Crippen LogP contribution < -0.4 is 9.47 Å². The Morgan fingerprint density at radius 1 is 1.20 bits per heavy atom. The SMILES string of the molecule is COc1cc(C(=O)c2cc(-c3nccs3)ccc2-n2cncn2)cc(CO)c1OC. The molecular weight excluding hydrogens is 404 g/mol. The van der Waals surface area contributed by atoms with Gasteiger partial charge in [-0.1, -0.05) is 0 Å². The number of ether oxygens (including phenoxy) is 2. The Morgan fingerprint density at radius 3 is 2.70 bits per heavy atom. The van der Waals surface area contributed by atoms with E-state index in [0.29, 0.717) is 33.9 Å². The number of carbonyl (C=O) groups excluding carboxylic acids is 1. The third-order valence-electron chi connectivity index (χ3n) is 4.57. The van der Waals surface area contributed by atoms with Crippen LogP contribution in [0.4, 0.5) is 0 Å². The number of hydrogen-bond acceptors (Lipinski definition) is 8. The fourth-order valence-corrected chi connectivity index (χ4v) is 3.83. The van der Waals surface area contributed by atoms with Crippen LogP contribution in [0.1, 0.15) is 21.5 Å². The van der Waals surface area contributed by atoms with Crippen LogP contribution in [0.2, 0.25) is 0 Å². The molecule has 0 saturated heterocycles. The summed E-state index contributed by atoms with van der Waals surface area (Å²) < 4.78 is 12.2. The van der Waals surface area contributed by atoms with E-state index in [1.807, 2.05) is 17.5 Å². The first-order valence-electron chi connectivity index (χ1n) is 8.95. The number of thiazole rings is 1. The predicted octanol–water partition coefficient (Wildman–Crippen LogP) is 3.13. The number of nitrogens with zero attached hydrogens (tertiary/aromatic N) is 4. The fourth-order valence-electron chi connectivity index (χ4n) is 3.20. The van der Waals surface area contributed by atoms with E-state index in [1.54, 1.807) is 24.4 Å². The van der Waals surface area contributed by atoms with Crippen LogP contribution in [0.3, 0.4) is 0 Å². The third-order valence-corrected chi connectivity index (χ3v) is 5.40. The molecule has 0 spiro atoms. The van der Waals surface area contributed by atoms with Gasteiger partial charge in [-0.25, -0.2) is 14.6 Å². The second kappa shape index (κ2) is 8.44. The van der Waals surface area contributed by atoms with Crippen molar-refractivity contribution in [3.05, 3.63) is 71.3 Å². The second-order valence-electron chi connectivity index (χ2n) is 6.27. The molecule has 0 bridgehead atoms. The molecule has 0 amide bonds. The minimum Gasteiger partial charge on any atom is -0.493 e. The molecule has 0 aliphatic rings. The topological polar surface area (TPSA) is 99.4 Å². The van der Waals surface area contributed by atoms with Crippen LogP contribution in [-0.4, -0.2) is 44.9 Å². The van der Waals surface area contributed by atoms with E-state index in [-0.39, 0.29) is 12.4 Å². The standard InChI is InChI=1S/C21H18N4O4S/c1-28-18-9-14(7-15(10-26)20(18)29-2)19(27)16-8-13(21-23-5-6-30-21)3-4-17(16)25-12-22-11-24-25/h3-9,11-12,26H,10H2,1-2H3. The predicted molar refractivity (Wildman–Crippen MR) is 111 cm³/mol. The monoisotopic (exact) mass is 422 g/mol.